The second kappa shape index (κ2) is 16.1. The van der Waals surface area contributed by atoms with E-state index in [4.69, 9.17) is 0 Å². The Kier molecular flexibility index (Phi) is 9.55. The molecule has 0 bridgehead atoms. The van der Waals surface area contributed by atoms with Gasteiger partial charge in [-0.1, -0.05) is 206 Å². The maximum Gasteiger partial charge on any atom is 0.179 e. The van der Waals surface area contributed by atoms with E-state index in [1.807, 2.05) is 0 Å². The highest BCUT2D eigenvalue weighted by Gasteiger charge is 2.41. The molecule has 0 saturated carbocycles. The molecule has 3 heteroatoms. The van der Waals surface area contributed by atoms with E-state index < -0.39 is 8.07 Å². The van der Waals surface area contributed by atoms with Gasteiger partial charge in [0.15, 0.2) is 8.07 Å². The van der Waals surface area contributed by atoms with Gasteiger partial charge in [-0.25, -0.2) is 0 Å². The zero-order chi connectivity index (χ0) is 43.2. The third-order valence-corrected chi connectivity index (χ3v) is 18.1. The Balaban J connectivity index is 1.02. The van der Waals surface area contributed by atoms with Gasteiger partial charge in [0.05, 0.1) is 11.0 Å². The Morgan fingerprint density at radius 3 is 1.43 bits per heavy atom. The van der Waals surface area contributed by atoms with Crippen molar-refractivity contribution in [3.05, 3.63) is 267 Å². The van der Waals surface area contributed by atoms with Crippen molar-refractivity contribution in [1.29, 1.82) is 0 Å². The van der Waals surface area contributed by atoms with Gasteiger partial charge in [0.2, 0.25) is 0 Å². The molecule has 0 N–H and O–H groups in total. The third kappa shape index (κ3) is 6.47. The monoisotopic (exact) mass is 844 g/mol. The van der Waals surface area contributed by atoms with Gasteiger partial charge >= 0.3 is 0 Å². The van der Waals surface area contributed by atoms with Crippen LogP contribution >= 0.6 is 0 Å². The van der Waals surface area contributed by atoms with E-state index in [9.17, 15) is 0 Å². The molecule has 0 amide bonds. The van der Waals surface area contributed by atoms with Crippen LogP contribution in [-0.2, 0) is 0 Å². The first-order valence-corrected chi connectivity index (χ1v) is 24.4. The van der Waals surface area contributed by atoms with Crippen molar-refractivity contribution in [2.45, 2.75) is 0 Å². The van der Waals surface area contributed by atoms with Crippen molar-refractivity contribution in [3.63, 3.8) is 0 Å². The minimum absolute atomic E-state index is 1.10. The fourth-order valence-electron chi connectivity index (χ4n) is 10.4. The first-order valence-electron chi connectivity index (χ1n) is 22.4. The average Bonchev–Trinajstić information content (AvgIpc) is 3.73. The van der Waals surface area contributed by atoms with Crippen LogP contribution in [0, 0.1) is 0 Å². The maximum absolute atomic E-state index is 2.71. The summed E-state index contributed by atoms with van der Waals surface area (Å²) >= 11 is 0. The normalized spacial score (nSPS) is 11.7. The molecule has 0 atom stereocenters. The predicted octanol–water partition coefficient (Wildman–Crippen LogP) is 13.6. The summed E-state index contributed by atoms with van der Waals surface area (Å²) < 4.78 is 2.39. The van der Waals surface area contributed by atoms with Crippen LogP contribution in [-0.4, -0.2) is 12.6 Å². The summed E-state index contributed by atoms with van der Waals surface area (Å²) in [7, 11) is -2.71. The van der Waals surface area contributed by atoms with Crippen LogP contribution in [0.15, 0.2) is 267 Å². The van der Waals surface area contributed by atoms with Gasteiger partial charge in [0, 0.05) is 33.5 Å². The van der Waals surface area contributed by atoms with E-state index in [2.05, 4.69) is 276 Å². The zero-order valence-corrected chi connectivity index (χ0v) is 36.8. The van der Waals surface area contributed by atoms with Crippen LogP contribution in [0.2, 0.25) is 0 Å². The third-order valence-electron chi connectivity index (χ3n) is 13.3. The van der Waals surface area contributed by atoms with Crippen molar-refractivity contribution in [2.75, 3.05) is 4.90 Å². The standard InChI is InChI=1S/C62H44N2Si/c1-5-19-48(20-6-1)64-60-30-16-15-28-59(60)62-58(29-17-31-61(62)64)46-34-36-49(37-35-46)63(51-40-43-57-47(44-51)33-32-45-18-13-14-27-56(45)57)50-38-41-55(42-39-50)65(52-21-7-2-8-22-52,53-23-9-3-10-24-53)54-25-11-4-12-26-54/h1-44H. The highest BCUT2D eigenvalue weighted by atomic mass is 28.3. The summed E-state index contributed by atoms with van der Waals surface area (Å²) in [5.74, 6) is 0. The number of aromatic nitrogens is 1. The summed E-state index contributed by atoms with van der Waals surface area (Å²) in [6.07, 6.45) is 0. The largest absolute Gasteiger partial charge is 0.310 e. The van der Waals surface area contributed by atoms with Crippen molar-refractivity contribution in [2.24, 2.45) is 0 Å². The average molecular weight is 845 g/mol. The molecule has 0 radical (unpaired) electrons. The van der Waals surface area contributed by atoms with Crippen LogP contribution in [0.4, 0.5) is 17.1 Å². The number of nitrogens with zero attached hydrogens (tertiary/aromatic N) is 2. The smallest absolute Gasteiger partial charge is 0.179 e. The Bertz CT molecular complexity index is 3530. The van der Waals surface area contributed by atoms with Crippen molar-refractivity contribution < 1.29 is 0 Å². The molecule has 0 fully saturated rings. The number of para-hydroxylation sites is 2. The van der Waals surface area contributed by atoms with E-state index in [0.717, 1.165) is 22.7 Å². The molecule has 0 saturated heterocycles. The van der Waals surface area contributed by atoms with Crippen molar-refractivity contribution in [3.8, 4) is 16.8 Å². The molecule has 0 unspecified atom stereocenters. The summed E-state index contributed by atoms with van der Waals surface area (Å²) in [5, 5.41) is 12.9. The molecule has 11 aromatic carbocycles. The predicted molar refractivity (Wildman–Crippen MR) is 280 cm³/mol. The van der Waals surface area contributed by atoms with Gasteiger partial charge in [-0.05, 0) is 114 Å². The topological polar surface area (TPSA) is 8.17 Å². The number of rotatable bonds is 9. The molecule has 2 nitrogen and oxygen atoms in total. The molecule has 0 aliphatic rings. The lowest BCUT2D eigenvalue weighted by Crippen LogP contribution is -2.74. The number of benzene rings is 11. The van der Waals surface area contributed by atoms with Gasteiger partial charge in [-0.15, -0.1) is 0 Å². The lowest BCUT2D eigenvalue weighted by Gasteiger charge is -2.35. The maximum atomic E-state index is 2.42. The lowest BCUT2D eigenvalue weighted by molar-refractivity contribution is 1.18. The lowest BCUT2D eigenvalue weighted by atomic mass is 9.98. The van der Waals surface area contributed by atoms with E-state index in [0.29, 0.717) is 0 Å². The number of hydrogen-bond acceptors (Lipinski definition) is 1. The molecule has 12 rings (SSSR count). The summed E-state index contributed by atoms with van der Waals surface area (Å²) in [4.78, 5) is 2.42. The SMILES string of the molecule is c1ccc(-n2c3ccccc3c3c(-c4ccc(N(c5ccc([Si](c6ccccc6)(c6ccccc6)c6ccccc6)cc5)c5ccc6c(ccc7ccccc76)c5)cc4)cccc32)cc1. The van der Waals surface area contributed by atoms with E-state index in [-0.39, 0.29) is 0 Å². The van der Waals surface area contributed by atoms with Gasteiger partial charge in [-0.2, -0.15) is 0 Å². The van der Waals surface area contributed by atoms with Crippen LogP contribution < -0.4 is 25.6 Å². The molecular weight excluding hydrogens is 801 g/mol. The molecule has 65 heavy (non-hydrogen) atoms. The van der Waals surface area contributed by atoms with Crippen LogP contribution in [0.1, 0.15) is 0 Å². The van der Waals surface area contributed by atoms with Gasteiger partial charge in [-0.3, -0.25) is 0 Å². The Hall–Kier alpha value is -8.24. The minimum Gasteiger partial charge on any atom is -0.310 e. The highest BCUT2D eigenvalue weighted by molar-refractivity contribution is 7.19. The number of fused-ring (bicyclic) bond motifs is 6. The van der Waals surface area contributed by atoms with Crippen molar-refractivity contribution in [1.82, 2.24) is 4.57 Å². The second-order valence-electron chi connectivity index (χ2n) is 16.9. The fourth-order valence-corrected chi connectivity index (χ4v) is 15.2. The molecule has 0 aliphatic heterocycles. The first-order chi connectivity index (χ1) is 32.3. The molecule has 1 heterocycles. The number of anilines is 3. The molecule has 0 spiro atoms. The Morgan fingerprint density at radius 1 is 0.308 bits per heavy atom. The summed E-state index contributed by atoms with van der Waals surface area (Å²) in [6, 6.07) is 98.4. The summed E-state index contributed by atoms with van der Waals surface area (Å²) in [6.45, 7) is 0. The van der Waals surface area contributed by atoms with Crippen LogP contribution in [0.25, 0.3) is 60.2 Å². The van der Waals surface area contributed by atoms with Crippen molar-refractivity contribution >= 4 is 89.2 Å². The highest BCUT2D eigenvalue weighted by Crippen LogP contribution is 2.41. The fraction of sp³-hybridized carbons (Fsp3) is 0. The summed E-state index contributed by atoms with van der Waals surface area (Å²) in [5.41, 5.74) is 9.27. The molecule has 12 aromatic rings. The van der Waals surface area contributed by atoms with Gasteiger partial charge < -0.3 is 9.47 Å². The molecule has 0 aliphatic carbocycles. The zero-order valence-electron chi connectivity index (χ0n) is 35.8. The molecule has 1 aromatic heterocycles. The van der Waals surface area contributed by atoms with Gasteiger partial charge in [0.25, 0.3) is 0 Å². The quantitative estimate of drug-likeness (QED) is 0.0798. The van der Waals surface area contributed by atoms with E-state index >= 15 is 0 Å². The van der Waals surface area contributed by atoms with E-state index in [1.54, 1.807) is 0 Å². The second-order valence-corrected chi connectivity index (χ2v) is 20.7. The minimum atomic E-state index is -2.71. The van der Waals surface area contributed by atoms with Gasteiger partial charge in [0.1, 0.15) is 0 Å². The number of hydrogen-bond donors (Lipinski definition) is 0. The van der Waals surface area contributed by atoms with E-state index in [1.165, 1.54) is 75.2 Å². The Labute approximate surface area is 380 Å². The van der Waals surface area contributed by atoms with Crippen LogP contribution in [0.3, 0.4) is 0 Å². The Morgan fingerprint density at radius 2 is 0.785 bits per heavy atom. The molecule has 306 valence electrons. The molecular formula is C62H44N2Si. The van der Waals surface area contributed by atoms with Crippen LogP contribution in [0.5, 0.6) is 0 Å². The first kappa shape index (κ1) is 38.4.